The second kappa shape index (κ2) is 13.8. The first kappa shape index (κ1) is 30.2. The molecule has 0 saturated carbocycles. The van der Waals surface area contributed by atoms with E-state index >= 15 is 0 Å². The number of nitrogens with zero attached hydrogens (tertiary/aromatic N) is 4. The van der Waals surface area contributed by atoms with Crippen molar-refractivity contribution in [2.45, 2.75) is 13.1 Å². The molecule has 2 aromatic heterocycles. The molecule has 0 spiro atoms. The third kappa shape index (κ3) is 7.31. The number of hydrogen-bond acceptors (Lipinski definition) is 6. The Morgan fingerprint density at radius 1 is 0.667 bits per heavy atom. The zero-order valence-electron chi connectivity index (χ0n) is 24.6. The maximum Gasteiger partial charge on any atom is 0.258 e. The van der Waals surface area contributed by atoms with Crippen molar-refractivity contribution in [3.63, 3.8) is 0 Å². The molecule has 0 unspecified atom stereocenters. The molecule has 0 atom stereocenters. The van der Waals surface area contributed by atoms with E-state index in [1.807, 2.05) is 93.9 Å². The van der Waals surface area contributed by atoms with Gasteiger partial charge in [-0.2, -0.15) is 0 Å². The average molecular weight is 567 g/mol. The molecule has 5 rings (SSSR count). The summed E-state index contributed by atoms with van der Waals surface area (Å²) in [4.78, 5) is 41.3. The highest BCUT2D eigenvalue weighted by molar-refractivity contribution is 6.09. The van der Waals surface area contributed by atoms with E-state index in [4.69, 9.17) is 5.73 Å². The molecule has 3 aromatic carbocycles. The minimum Gasteiger partial charge on any atom is -0.398 e. The number of nitrogens with two attached hydrogens (primary N) is 1. The average Bonchev–Trinajstić information content (AvgIpc) is 2.98. The van der Waals surface area contributed by atoms with Crippen LogP contribution < -0.4 is 22.2 Å². The molecule has 9 nitrogen and oxygen atoms in total. The normalized spacial score (nSPS) is 11.1. The first-order valence-corrected chi connectivity index (χ1v) is 13.8. The van der Waals surface area contributed by atoms with Crippen LogP contribution in [0.4, 0.5) is 11.4 Å². The molecular formula is C33H38N6O3. The van der Waals surface area contributed by atoms with Crippen molar-refractivity contribution in [3.05, 3.63) is 118 Å². The van der Waals surface area contributed by atoms with Crippen LogP contribution in [0, 0.1) is 0 Å². The summed E-state index contributed by atoms with van der Waals surface area (Å²) in [6, 6.07) is 23.7. The van der Waals surface area contributed by atoms with Gasteiger partial charge < -0.3 is 30.0 Å². The summed E-state index contributed by atoms with van der Waals surface area (Å²) in [5.74, 6) is -0.190. The van der Waals surface area contributed by atoms with Crippen molar-refractivity contribution in [2.24, 2.45) is 0 Å². The van der Waals surface area contributed by atoms with E-state index in [-0.39, 0.29) is 17.0 Å². The van der Waals surface area contributed by atoms with Crippen LogP contribution in [-0.4, -0.2) is 66.1 Å². The summed E-state index contributed by atoms with van der Waals surface area (Å²) in [6.45, 7) is 2.95. The Kier molecular flexibility index (Phi) is 9.90. The number of carbonyl (C=O) groups excluding carboxylic acids is 1. The number of amides is 1. The number of carbonyl (C=O) groups is 1. The molecule has 1 amide bonds. The van der Waals surface area contributed by atoms with Crippen LogP contribution in [0.2, 0.25) is 0 Å². The Labute approximate surface area is 245 Å². The number of nitrogen functional groups attached to an aromatic ring is 1. The highest BCUT2D eigenvalue weighted by Crippen LogP contribution is 2.21. The number of benzene rings is 3. The second-order valence-corrected chi connectivity index (χ2v) is 10.6. The van der Waals surface area contributed by atoms with Crippen LogP contribution in [0.15, 0.2) is 101 Å². The quantitative estimate of drug-likeness (QED) is 0.276. The molecule has 218 valence electrons. The summed E-state index contributed by atoms with van der Waals surface area (Å²) in [5.41, 5.74) is 7.70. The molecule has 9 heteroatoms. The highest BCUT2D eigenvalue weighted by atomic mass is 16.2. The van der Waals surface area contributed by atoms with Crippen molar-refractivity contribution >= 4 is 38.8 Å². The molecule has 0 saturated heterocycles. The number of anilines is 2. The molecule has 0 fully saturated rings. The summed E-state index contributed by atoms with van der Waals surface area (Å²) < 4.78 is 3.42. The van der Waals surface area contributed by atoms with Crippen LogP contribution in [0.1, 0.15) is 10.4 Å². The highest BCUT2D eigenvalue weighted by Gasteiger charge is 2.11. The summed E-state index contributed by atoms with van der Waals surface area (Å²) in [5, 5.41) is 5.77. The maximum absolute atomic E-state index is 12.7. The van der Waals surface area contributed by atoms with Gasteiger partial charge in [-0.3, -0.25) is 14.4 Å². The number of hydrogen-bond donors (Lipinski definition) is 2. The van der Waals surface area contributed by atoms with Gasteiger partial charge in [0.15, 0.2) is 0 Å². The van der Waals surface area contributed by atoms with Gasteiger partial charge in [0.25, 0.3) is 17.0 Å². The number of nitrogens with one attached hydrogen (secondary N) is 1. The zero-order chi connectivity index (χ0) is 30.2. The number of pyridine rings is 2. The Balaban J connectivity index is 0.000000208. The maximum atomic E-state index is 12.7. The largest absolute Gasteiger partial charge is 0.398 e. The Morgan fingerprint density at radius 2 is 1.19 bits per heavy atom. The van der Waals surface area contributed by atoms with Gasteiger partial charge in [0.1, 0.15) is 0 Å². The van der Waals surface area contributed by atoms with Gasteiger partial charge in [-0.25, -0.2) is 0 Å². The van der Waals surface area contributed by atoms with Crippen LogP contribution in [0.25, 0.3) is 21.5 Å². The summed E-state index contributed by atoms with van der Waals surface area (Å²) >= 11 is 0. The topological polar surface area (TPSA) is 106 Å². The Hall–Kier alpha value is -4.73. The van der Waals surface area contributed by atoms with Gasteiger partial charge in [-0.1, -0.05) is 30.3 Å². The summed E-state index contributed by atoms with van der Waals surface area (Å²) in [7, 11) is 7.93. The fourth-order valence-electron chi connectivity index (χ4n) is 4.52. The lowest BCUT2D eigenvalue weighted by Gasteiger charge is -2.13. The van der Waals surface area contributed by atoms with E-state index in [1.165, 1.54) is 0 Å². The van der Waals surface area contributed by atoms with E-state index in [2.05, 4.69) is 10.2 Å². The number of aromatic nitrogens is 2. The van der Waals surface area contributed by atoms with Crippen LogP contribution >= 0.6 is 0 Å². The first-order valence-electron chi connectivity index (χ1n) is 13.8. The zero-order valence-corrected chi connectivity index (χ0v) is 24.6. The Bertz CT molecular complexity index is 1790. The van der Waals surface area contributed by atoms with Gasteiger partial charge in [-0.05, 0) is 76.7 Å². The van der Waals surface area contributed by atoms with E-state index in [1.54, 1.807) is 39.6 Å². The standard InChI is InChI=1S/C20H21N3O2.C13H17N3O/c1-22(2)13-14-23-12-11-16-17(20(23)25)9-6-10-18(16)21-19(24)15-7-4-3-5-8-15;1-15(2)8-9-16-7-6-10-11(13(16)17)4-3-5-12(10)14/h3-12H,13-14H2,1-2H3,(H,21,24);3-7H,8-9,14H2,1-2H3. The second-order valence-electron chi connectivity index (χ2n) is 10.6. The minimum atomic E-state index is -0.190. The van der Waals surface area contributed by atoms with Gasteiger partial charge in [0.2, 0.25) is 0 Å². The fraction of sp³-hybridized carbons (Fsp3) is 0.242. The molecule has 0 aliphatic heterocycles. The monoisotopic (exact) mass is 566 g/mol. The van der Waals surface area contributed by atoms with Crippen molar-refractivity contribution in [1.82, 2.24) is 18.9 Å². The van der Waals surface area contributed by atoms with Crippen LogP contribution in [0.3, 0.4) is 0 Å². The van der Waals surface area contributed by atoms with E-state index < -0.39 is 0 Å². The van der Waals surface area contributed by atoms with Gasteiger partial charge in [0, 0.05) is 77.1 Å². The number of fused-ring (bicyclic) bond motifs is 2. The third-order valence-corrected chi connectivity index (χ3v) is 6.93. The van der Waals surface area contributed by atoms with Crippen LogP contribution in [-0.2, 0) is 13.1 Å². The molecule has 3 N–H and O–H groups in total. The molecular weight excluding hydrogens is 528 g/mol. The van der Waals surface area contributed by atoms with Crippen molar-refractivity contribution < 1.29 is 4.79 Å². The Morgan fingerprint density at radius 3 is 1.76 bits per heavy atom. The molecule has 5 aromatic rings. The first-order chi connectivity index (χ1) is 20.2. The van der Waals surface area contributed by atoms with E-state index in [9.17, 15) is 14.4 Å². The predicted molar refractivity (Wildman–Crippen MR) is 172 cm³/mol. The molecule has 0 aliphatic carbocycles. The van der Waals surface area contributed by atoms with Crippen molar-refractivity contribution in [1.29, 1.82) is 0 Å². The smallest absolute Gasteiger partial charge is 0.258 e. The van der Waals surface area contributed by atoms with Crippen molar-refractivity contribution in [2.75, 3.05) is 52.3 Å². The lowest BCUT2D eigenvalue weighted by Crippen LogP contribution is -2.26. The fourth-order valence-corrected chi connectivity index (χ4v) is 4.52. The van der Waals surface area contributed by atoms with E-state index in [0.717, 1.165) is 23.9 Å². The van der Waals surface area contributed by atoms with Gasteiger partial charge in [0.05, 0.1) is 0 Å². The number of rotatable bonds is 8. The SMILES string of the molecule is CN(C)CCn1ccc2c(N)cccc2c1=O.CN(C)CCn1ccc2c(NC(=O)c3ccccc3)cccc2c1=O. The minimum absolute atomic E-state index is 0.0247. The molecule has 0 radical (unpaired) electrons. The van der Waals surface area contributed by atoms with Gasteiger partial charge in [-0.15, -0.1) is 0 Å². The lowest BCUT2D eigenvalue weighted by atomic mass is 10.1. The van der Waals surface area contributed by atoms with Crippen LogP contribution in [0.5, 0.6) is 0 Å². The summed E-state index contributed by atoms with van der Waals surface area (Å²) in [6.07, 6.45) is 3.59. The molecule has 2 heterocycles. The number of likely N-dealkylation sites (N-methyl/N-ethyl adjacent to an activating group) is 2. The van der Waals surface area contributed by atoms with Crippen molar-refractivity contribution in [3.8, 4) is 0 Å². The third-order valence-electron chi connectivity index (χ3n) is 6.93. The van der Waals surface area contributed by atoms with Gasteiger partial charge >= 0.3 is 0 Å². The molecule has 0 aliphatic rings. The predicted octanol–water partition coefficient (Wildman–Crippen LogP) is 3.96. The van der Waals surface area contributed by atoms with E-state index in [0.29, 0.717) is 40.8 Å². The molecule has 0 bridgehead atoms. The molecule has 42 heavy (non-hydrogen) atoms. The lowest BCUT2D eigenvalue weighted by molar-refractivity contribution is 0.102.